The highest BCUT2D eigenvalue weighted by Gasteiger charge is 2.42. The Kier molecular flexibility index (Phi) is 3.85. The van der Waals surface area contributed by atoms with Gasteiger partial charge in [0.2, 0.25) is 0 Å². The Morgan fingerprint density at radius 2 is 2.06 bits per heavy atom. The van der Waals surface area contributed by atoms with E-state index < -0.39 is 16.0 Å². The van der Waals surface area contributed by atoms with Crippen LogP contribution >= 0.6 is 0 Å². The van der Waals surface area contributed by atoms with E-state index in [2.05, 4.69) is 0 Å². The van der Waals surface area contributed by atoms with E-state index in [9.17, 15) is 9.00 Å². The van der Waals surface area contributed by atoms with Crippen molar-refractivity contribution in [1.82, 2.24) is 0 Å². The number of ether oxygens (including phenoxy) is 1. The SMILES string of the molecule is COC(=O)C(C1CC1)S(=O)c1ccc(C)cc1C. The summed E-state index contributed by atoms with van der Waals surface area (Å²) in [4.78, 5) is 12.5. The lowest BCUT2D eigenvalue weighted by Gasteiger charge is -2.15. The maximum Gasteiger partial charge on any atom is 0.322 e. The minimum atomic E-state index is -1.31. The lowest BCUT2D eigenvalue weighted by molar-refractivity contribution is -0.140. The van der Waals surface area contributed by atoms with Crippen LogP contribution in [0.2, 0.25) is 0 Å². The maximum absolute atomic E-state index is 12.6. The number of hydrogen-bond donors (Lipinski definition) is 0. The van der Waals surface area contributed by atoms with E-state index in [4.69, 9.17) is 4.74 Å². The fourth-order valence-electron chi connectivity index (χ4n) is 2.13. The monoisotopic (exact) mass is 266 g/mol. The van der Waals surface area contributed by atoms with E-state index in [1.54, 1.807) is 0 Å². The molecule has 2 rings (SSSR count). The van der Waals surface area contributed by atoms with Crippen LogP contribution in [0.4, 0.5) is 0 Å². The first-order valence-corrected chi connectivity index (χ1v) is 7.31. The molecule has 1 aromatic rings. The van der Waals surface area contributed by atoms with Crippen LogP contribution < -0.4 is 0 Å². The summed E-state index contributed by atoms with van der Waals surface area (Å²) in [6.45, 7) is 3.93. The van der Waals surface area contributed by atoms with Gasteiger partial charge < -0.3 is 4.74 Å². The Balaban J connectivity index is 2.30. The first-order valence-electron chi connectivity index (χ1n) is 6.10. The second-order valence-corrected chi connectivity index (χ2v) is 6.39. The molecule has 0 N–H and O–H groups in total. The highest BCUT2D eigenvalue weighted by Crippen LogP contribution is 2.38. The predicted molar refractivity (Wildman–Crippen MR) is 70.9 cm³/mol. The Morgan fingerprint density at radius 1 is 1.39 bits per heavy atom. The average Bonchev–Trinajstić information content (AvgIpc) is 3.13. The number of aryl methyl sites for hydroxylation is 2. The van der Waals surface area contributed by atoms with E-state index >= 15 is 0 Å². The number of carbonyl (C=O) groups is 1. The zero-order valence-electron chi connectivity index (χ0n) is 10.9. The molecule has 1 aliphatic carbocycles. The fraction of sp³-hybridized carbons (Fsp3) is 0.500. The molecule has 3 nitrogen and oxygen atoms in total. The summed E-state index contributed by atoms with van der Waals surface area (Å²) in [6.07, 6.45) is 1.94. The van der Waals surface area contributed by atoms with Gasteiger partial charge in [-0.3, -0.25) is 9.00 Å². The summed E-state index contributed by atoms with van der Waals surface area (Å²) < 4.78 is 17.4. The third-order valence-corrected chi connectivity index (χ3v) is 5.19. The highest BCUT2D eigenvalue weighted by atomic mass is 32.2. The normalized spacial score (nSPS) is 18.2. The molecule has 1 aromatic carbocycles. The second-order valence-electron chi connectivity index (χ2n) is 4.85. The van der Waals surface area contributed by atoms with Gasteiger partial charge >= 0.3 is 5.97 Å². The third-order valence-electron chi connectivity index (χ3n) is 3.26. The summed E-state index contributed by atoms with van der Waals surface area (Å²) >= 11 is 0. The van der Waals surface area contributed by atoms with Gasteiger partial charge in [-0.2, -0.15) is 0 Å². The number of methoxy groups -OCH3 is 1. The van der Waals surface area contributed by atoms with Gasteiger partial charge in [0.25, 0.3) is 0 Å². The standard InChI is InChI=1S/C14H18O3S/c1-9-4-7-12(10(2)8-9)18(16)13(11-5-6-11)14(15)17-3/h4,7-8,11,13H,5-6H2,1-3H3. The van der Waals surface area contributed by atoms with Crippen molar-refractivity contribution < 1.29 is 13.7 Å². The quantitative estimate of drug-likeness (QED) is 0.786. The molecule has 2 unspecified atom stereocenters. The number of esters is 1. The van der Waals surface area contributed by atoms with Crippen LogP contribution in [0.25, 0.3) is 0 Å². The molecular formula is C14H18O3S. The Labute approximate surface area is 110 Å². The zero-order valence-corrected chi connectivity index (χ0v) is 11.8. The Hall–Kier alpha value is -1.16. The molecule has 0 aliphatic heterocycles. The van der Waals surface area contributed by atoms with Crippen molar-refractivity contribution in [2.75, 3.05) is 7.11 Å². The minimum Gasteiger partial charge on any atom is -0.468 e. The van der Waals surface area contributed by atoms with Crippen LogP contribution in [-0.2, 0) is 20.3 Å². The molecule has 98 valence electrons. The van der Waals surface area contributed by atoms with Crippen LogP contribution in [0, 0.1) is 19.8 Å². The molecule has 0 amide bonds. The van der Waals surface area contributed by atoms with Crippen LogP contribution in [0.15, 0.2) is 23.1 Å². The molecule has 1 saturated carbocycles. The van der Waals surface area contributed by atoms with Crippen LogP contribution in [-0.4, -0.2) is 22.5 Å². The predicted octanol–water partition coefficient (Wildman–Crippen LogP) is 2.36. The largest absolute Gasteiger partial charge is 0.468 e. The number of hydrogen-bond acceptors (Lipinski definition) is 3. The second kappa shape index (κ2) is 5.22. The number of carbonyl (C=O) groups excluding carboxylic acids is 1. The van der Waals surface area contributed by atoms with Crippen LogP contribution in [0.5, 0.6) is 0 Å². The van der Waals surface area contributed by atoms with Gasteiger partial charge in [0.1, 0.15) is 5.25 Å². The van der Waals surface area contributed by atoms with E-state index in [0.29, 0.717) is 0 Å². The van der Waals surface area contributed by atoms with Gasteiger partial charge in [-0.15, -0.1) is 0 Å². The van der Waals surface area contributed by atoms with Gasteiger partial charge in [-0.05, 0) is 44.2 Å². The molecular weight excluding hydrogens is 248 g/mol. The molecule has 0 heterocycles. The number of benzene rings is 1. The Bertz CT molecular complexity index is 492. The van der Waals surface area contributed by atoms with E-state index in [1.165, 1.54) is 7.11 Å². The smallest absolute Gasteiger partial charge is 0.322 e. The van der Waals surface area contributed by atoms with Gasteiger partial charge in [-0.1, -0.05) is 17.7 Å². The van der Waals surface area contributed by atoms with Gasteiger partial charge in [0.05, 0.1) is 17.9 Å². The van der Waals surface area contributed by atoms with Crippen LogP contribution in [0.1, 0.15) is 24.0 Å². The highest BCUT2D eigenvalue weighted by molar-refractivity contribution is 7.86. The van der Waals surface area contributed by atoms with Gasteiger partial charge in [0, 0.05) is 4.90 Å². The first kappa shape index (κ1) is 13.3. The lowest BCUT2D eigenvalue weighted by atomic mass is 10.2. The van der Waals surface area contributed by atoms with Gasteiger partial charge in [0.15, 0.2) is 0 Å². The van der Waals surface area contributed by atoms with Crippen molar-refractivity contribution in [2.24, 2.45) is 5.92 Å². The summed E-state index contributed by atoms with van der Waals surface area (Å²) in [5, 5.41) is -0.503. The van der Waals surface area contributed by atoms with Crippen LogP contribution in [0.3, 0.4) is 0 Å². The van der Waals surface area contributed by atoms with E-state index in [1.807, 2.05) is 32.0 Å². The zero-order chi connectivity index (χ0) is 13.3. The molecule has 0 bridgehead atoms. The summed E-state index contributed by atoms with van der Waals surface area (Å²) in [6, 6.07) is 5.79. The van der Waals surface area contributed by atoms with Crippen molar-refractivity contribution in [3.8, 4) is 0 Å². The van der Waals surface area contributed by atoms with Crippen molar-refractivity contribution in [1.29, 1.82) is 0 Å². The third kappa shape index (κ3) is 2.64. The summed E-state index contributed by atoms with van der Waals surface area (Å²) in [5.41, 5.74) is 2.11. The lowest BCUT2D eigenvalue weighted by Crippen LogP contribution is -2.29. The average molecular weight is 266 g/mol. The minimum absolute atomic E-state index is 0.221. The number of rotatable bonds is 4. The van der Waals surface area contributed by atoms with E-state index in [-0.39, 0.29) is 11.9 Å². The fourth-order valence-corrected chi connectivity index (χ4v) is 3.88. The molecule has 2 atom stereocenters. The molecule has 0 spiro atoms. The molecule has 18 heavy (non-hydrogen) atoms. The van der Waals surface area contributed by atoms with E-state index in [0.717, 1.165) is 28.9 Å². The van der Waals surface area contributed by atoms with Gasteiger partial charge in [-0.25, -0.2) is 0 Å². The molecule has 1 aliphatic rings. The molecule has 0 saturated heterocycles. The molecule has 1 fully saturated rings. The topological polar surface area (TPSA) is 43.4 Å². The van der Waals surface area contributed by atoms with Crippen molar-refractivity contribution in [3.63, 3.8) is 0 Å². The summed E-state index contributed by atoms with van der Waals surface area (Å²) in [5.74, 6) is -0.130. The first-order chi connectivity index (χ1) is 8.54. The molecule has 0 aromatic heterocycles. The van der Waals surface area contributed by atoms with Crippen molar-refractivity contribution in [3.05, 3.63) is 29.3 Å². The Morgan fingerprint density at radius 3 is 2.56 bits per heavy atom. The van der Waals surface area contributed by atoms with Crippen molar-refractivity contribution in [2.45, 2.75) is 36.8 Å². The van der Waals surface area contributed by atoms with Crippen molar-refractivity contribution >= 4 is 16.8 Å². The molecule has 0 radical (unpaired) electrons. The molecule has 4 heteroatoms. The maximum atomic E-state index is 12.6. The summed E-state index contributed by atoms with van der Waals surface area (Å²) in [7, 11) is 0.0449.